The standard InChI is InChI=1S/C27H25FN2O5/c1-29-24(23-25(35-29)27(32)30(26(23)31)15-17-6-4-3-5-7-17)19-10-13-21(22(14-19)33-2)34-16-18-8-11-20(28)12-9-18/h3-14,23-25H,15-16H2,1-2H3/t23-,24-,25-/m1/s1. The van der Waals surface area contributed by atoms with E-state index in [1.54, 1.807) is 36.4 Å². The van der Waals surface area contributed by atoms with E-state index in [0.29, 0.717) is 11.5 Å². The predicted octanol–water partition coefficient (Wildman–Crippen LogP) is 3.89. The van der Waals surface area contributed by atoms with Crippen LogP contribution in [0.1, 0.15) is 22.7 Å². The summed E-state index contributed by atoms with van der Waals surface area (Å²) in [5.74, 6) is -0.554. The summed E-state index contributed by atoms with van der Waals surface area (Å²) in [4.78, 5) is 33.5. The van der Waals surface area contributed by atoms with E-state index >= 15 is 0 Å². The monoisotopic (exact) mass is 476 g/mol. The summed E-state index contributed by atoms with van der Waals surface area (Å²) in [5, 5.41) is 1.57. The van der Waals surface area contributed by atoms with Gasteiger partial charge < -0.3 is 9.47 Å². The van der Waals surface area contributed by atoms with Crippen LogP contribution >= 0.6 is 0 Å². The Labute approximate surface area is 202 Å². The number of benzene rings is 3. The molecule has 0 bridgehead atoms. The van der Waals surface area contributed by atoms with Crippen LogP contribution in [0.4, 0.5) is 4.39 Å². The van der Waals surface area contributed by atoms with Crippen molar-refractivity contribution in [1.29, 1.82) is 0 Å². The number of imide groups is 1. The highest BCUT2D eigenvalue weighted by Crippen LogP contribution is 2.45. The molecule has 2 heterocycles. The molecule has 0 unspecified atom stereocenters. The van der Waals surface area contributed by atoms with Gasteiger partial charge in [0.25, 0.3) is 5.91 Å². The number of hydrogen-bond acceptors (Lipinski definition) is 6. The van der Waals surface area contributed by atoms with Crippen molar-refractivity contribution in [2.45, 2.75) is 25.3 Å². The fourth-order valence-electron chi connectivity index (χ4n) is 4.68. The van der Waals surface area contributed by atoms with Crippen molar-refractivity contribution in [2.75, 3.05) is 14.2 Å². The summed E-state index contributed by atoms with van der Waals surface area (Å²) in [6, 6.07) is 20.4. The van der Waals surface area contributed by atoms with Gasteiger partial charge in [-0.25, -0.2) is 4.39 Å². The van der Waals surface area contributed by atoms with Crippen molar-refractivity contribution >= 4 is 11.8 Å². The largest absolute Gasteiger partial charge is 0.493 e. The van der Waals surface area contributed by atoms with Gasteiger partial charge in [0.1, 0.15) is 12.4 Å². The Morgan fingerprint density at radius 1 is 0.914 bits per heavy atom. The van der Waals surface area contributed by atoms with Gasteiger partial charge in [-0.1, -0.05) is 48.5 Å². The van der Waals surface area contributed by atoms with Gasteiger partial charge in [0.15, 0.2) is 17.6 Å². The van der Waals surface area contributed by atoms with Crippen LogP contribution in [-0.2, 0) is 27.6 Å². The first-order chi connectivity index (χ1) is 17.0. The Hall–Kier alpha value is -3.75. The molecule has 3 atom stereocenters. The molecule has 0 radical (unpaired) electrons. The molecule has 0 spiro atoms. The minimum Gasteiger partial charge on any atom is -0.493 e. The van der Waals surface area contributed by atoms with E-state index in [1.165, 1.54) is 24.1 Å². The number of methoxy groups -OCH3 is 1. The maximum Gasteiger partial charge on any atom is 0.261 e. The van der Waals surface area contributed by atoms with E-state index < -0.39 is 18.1 Å². The van der Waals surface area contributed by atoms with Gasteiger partial charge in [0.2, 0.25) is 5.91 Å². The van der Waals surface area contributed by atoms with Gasteiger partial charge >= 0.3 is 0 Å². The summed E-state index contributed by atoms with van der Waals surface area (Å²) in [7, 11) is 3.25. The van der Waals surface area contributed by atoms with Gasteiger partial charge in [-0.2, -0.15) is 5.06 Å². The van der Waals surface area contributed by atoms with E-state index in [2.05, 4.69) is 0 Å². The summed E-state index contributed by atoms with van der Waals surface area (Å²) in [5.41, 5.74) is 2.47. The third kappa shape index (κ3) is 4.38. The molecule has 5 rings (SSSR count). The van der Waals surface area contributed by atoms with E-state index in [9.17, 15) is 14.0 Å². The van der Waals surface area contributed by atoms with Crippen LogP contribution in [0.3, 0.4) is 0 Å². The zero-order valence-corrected chi connectivity index (χ0v) is 19.4. The normalized spacial score (nSPS) is 21.9. The van der Waals surface area contributed by atoms with E-state index in [4.69, 9.17) is 14.3 Å². The van der Waals surface area contributed by atoms with E-state index in [1.807, 2.05) is 36.4 Å². The molecule has 8 heteroatoms. The summed E-state index contributed by atoms with van der Waals surface area (Å²) in [6.45, 7) is 0.458. The molecule has 0 aromatic heterocycles. The number of hydroxylamine groups is 2. The van der Waals surface area contributed by atoms with Crippen LogP contribution in [0.25, 0.3) is 0 Å². The summed E-state index contributed by atoms with van der Waals surface area (Å²) in [6.07, 6.45) is -0.860. The molecule has 2 aliphatic rings. The number of carbonyl (C=O) groups excluding carboxylic acids is 2. The SMILES string of the molecule is COc1cc([C@@H]2[C@H]3C(=O)N(Cc4ccccc4)C(=O)[C@@H]3ON2C)ccc1OCc1ccc(F)cc1. The van der Waals surface area contributed by atoms with Crippen LogP contribution in [-0.4, -0.2) is 42.0 Å². The van der Waals surface area contributed by atoms with Gasteiger partial charge in [0, 0.05) is 7.05 Å². The van der Waals surface area contributed by atoms with Crippen molar-refractivity contribution < 1.29 is 28.3 Å². The number of fused-ring (bicyclic) bond motifs is 1. The number of rotatable bonds is 7. The second-order valence-electron chi connectivity index (χ2n) is 8.62. The molecule has 2 saturated heterocycles. The van der Waals surface area contributed by atoms with Crippen molar-refractivity contribution in [3.05, 3.63) is 95.3 Å². The fraction of sp³-hybridized carbons (Fsp3) is 0.259. The second kappa shape index (κ2) is 9.48. The molecule has 0 aliphatic carbocycles. The van der Waals surface area contributed by atoms with Crippen molar-refractivity contribution in [1.82, 2.24) is 9.96 Å². The molecule has 3 aromatic carbocycles. The average molecular weight is 477 g/mol. The first-order valence-corrected chi connectivity index (χ1v) is 11.3. The highest BCUT2D eigenvalue weighted by molar-refractivity contribution is 6.07. The number of nitrogens with zero attached hydrogens (tertiary/aromatic N) is 2. The Morgan fingerprint density at radius 2 is 1.66 bits per heavy atom. The predicted molar refractivity (Wildman–Crippen MR) is 125 cm³/mol. The van der Waals surface area contributed by atoms with Crippen molar-refractivity contribution in [3.8, 4) is 11.5 Å². The maximum atomic E-state index is 13.4. The fourth-order valence-corrected chi connectivity index (χ4v) is 4.68. The topological polar surface area (TPSA) is 68.3 Å². The lowest BCUT2D eigenvalue weighted by Crippen LogP contribution is -2.35. The smallest absolute Gasteiger partial charge is 0.261 e. The van der Waals surface area contributed by atoms with E-state index in [0.717, 1.165) is 16.7 Å². The molecule has 180 valence electrons. The van der Waals surface area contributed by atoms with Gasteiger partial charge in [-0.15, -0.1) is 0 Å². The Bertz CT molecular complexity index is 1230. The quantitative estimate of drug-likeness (QED) is 0.482. The van der Waals surface area contributed by atoms with Crippen molar-refractivity contribution in [3.63, 3.8) is 0 Å². The third-order valence-corrected chi connectivity index (χ3v) is 6.42. The highest BCUT2D eigenvalue weighted by Gasteiger charge is 2.58. The molecular weight excluding hydrogens is 451 g/mol. The zero-order valence-electron chi connectivity index (χ0n) is 19.4. The summed E-state index contributed by atoms with van der Waals surface area (Å²) < 4.78 is 24.6. The van der Waals surface area contributed by atoms with Gasteiger partial charge in [-0.3, -0.25) is 19.3 Å². The first-order valence-electron chi connectivity index (χ1n) is 11.3. The molecule has 2 aliphatic heterocycles. The van der Waals surface area contributed by atoms with E-state index in [-0.39, 0.29) is 30.8 Å². The third-order valence-electron chi connectivity index (χ3n) is 6.42. The molecule has 2 amide bonds. The van der Waals surface area contributed by atoms with Gasteiger partial charge in [0.05, 0.1) is 25.6 Å². The molecule has 2 fully saturated rings. The second-order valence-corrected chi connectivity index (χ2v) is 8.62. The minimum absolute atomic E-state index is 0.213. The lowest BCUT2D eigenvalue weighted by molar-refractivity contribution is -0.170. The van der Waals surface area contributed by atoms with Crippen LogP contribution in [0.2, 0.25) is 0 Å². The van der Waals surface area contributed by atoms with Crippen LogP contribution in [0.5, 0.6) is 11.5 Å². The molecule has 3 aromatic rings. The Kier molecular flexibility index (Phi) is 6.23. The number of likely N-dealkylation sites (tertiary alicyclic amines) is 1. The lowest BCUT2D eigenvalue weighted by Gasteiger charge is -2.25. The number of halogens is 1. The molecule has 35 heavy (non-hydrogen) atoms. The van der Waals surface area contributed by atoms with Crippen LogP contribution in [0.15, 0.2) is 72.8 Å². The molecular formula is C27H25FN2O5. The molecule has 0 saturated carbocycles. The summed E-state index contributed by atoms with van der Waals surface area (Å²) >= 11 is 0. The Morgan fingerprint density at radius 3 is 2.37 bits per heavy atom. The van der Waals surface area contributed by atoms with Crippen LogP contribution < -0.4 is 9.47 Å². The molecule has 0 N–H and O–H groups in total. The molecule has 7 nitrogen and oxygen atoms in total. The highest BCUT2D eigenvalue weighted by atomic mass is 19.1. The average Bonchev–Trinajstić information content (AvgIpc) is 3.33. The number of ether oxygens (including phenoxy) is 2. The minimum atomic E-state index is -0.860. The lowest BCUT2D eigenvalue weighted by atomic mass is 9.91. The van der Waals surface area contributed by atoms with Gasteiger partial charge in [-0.05, 0) is 41.0 Å². The number of amides is 2. The van der Waals surface area contributed by atoms with Crippen LogP contribution in [0, 0.1) is 11.7 Å². The number of hydrogen-bond donors (Lipinski definition) is 0. The maximum absolute atomic E-state index is 13.4. The number of carbonyl (C=O) groups is 2. The zero-order chi connectivity index (χ0) is 24.5. The first kappa shape index (κ1) is 23.0. The van der Waals surface area contributed by atoms with Crippen molar-refractivity contribution in [2.24, 2.45) is 5.92 Å². The Balaban J connectivity index is 1.36.